The van der Waals surface area contributed by atoms with Crippen molar-refractivity contribution in [3.63, 3.8) is 0 Å². The Kier molecular flexibility index (Phi) is 6.89. The van der Waals surface area contributed by atoms with E-state index >= 15 is 0 Å². The van der Waals surface area contributed by atoms with E-state index < -0.39 is 47.4 Å². The highest BCUT2D eigenvalue weighted by Crippen LogP contribution is 2.64. The van der Waals surface area contributed by atoms with Crippen LogP contribution in [0.4, 0.5) is 0 Å². The highest BCUT2D eigenvalue weighted by atomic mass is 32.2. The first-order valence-electron chi connectivity index (χ1n) is 14.5. The third-order valence-electron chi connectivity index (χ3n) is 9.69. The zero-order chi connectivity index (χ0) is 31.2. The van der Waals surface area contributed by atoms with Crippen molar-refractivity contribution in [1.29, 1.82) is 5.26 Å². The average molecular weight is 623 g/mol. The van der Waals surface area contributed by atoms with Crippen molar-refractivity contribution in [1.82, 2.24) is 9.80 Å². The molecule has 232 valence electrons. The lowest BCUT2D eigenvalue weighted by molar-refractivity contribution is -0.150. The number of cyclic esters (lactones) is 1. The summed E-state index contributed by atoms with van der Waals surface area (Å²) in [6.07, 6.45) is 0.522. The second-order valence-corrected chi connectivity index (χ2v) is 13.2. The second kappa shape index (κ2) is 10.4. The van der Waals surface area contributed by atoms with Crippen molar-refractivity contribution in [2.24, 2.45) is 5.73 Å². The van der Waals surface area contributed by atoms with Gasteiger partial charge in [-0.3, -0.25) is 19.4 Å². The molecule has 0 spiro atoms. The highest BCUT2D eigenvalue weighted by molar-refractivity contribution is 7.99. The molecular formula is C31H34N4O8S. The molecule has 2 fully saturated rings. The molecule has 0 aromatic heterocycles. The molecule has 5 heterocycles. The largest absolute Gasteiger partial charge is 0.504 e. The SMILES string of the molecule is COc1c(C)cc2c(c1O)[C@@H]1[C@@H]3[C@@H]4SC[C@H](N)C(=O)OC[C@@H](c5c6c(c(C)c(OC(C)=O)c54)OCO6)N3[C@@H](C#N)[C@H](C2)N1C. The van der Waals surface area contributed by atoms with Gasteiger partial charge in [-0.15, -0.1) is 11.8 Å². The van der Waals surface area contributed by atoms with Crippen LogP contribution in [0.25, 0.3) is 0 Å². The lowest BCUT2D eigenvalue weighted by Gasteiger charge is -2.61. The first kappa shape index (κ1) is 29.0. The molecule has 13 heteroatoms. The molecule has 0 unspecified atom stereocenters. The fourth-order valence-electron chi connectivity index (χ4n) is 7.98. The molecule has 2 aromatic rings. The Morgan fingerprint density at radius 1 is 1.18 bits per heavy atom. The minimum atomic E-state index is -0.890. The van der Waals surface area contributed by atoms with Crippen LogP contribution in [0.15, 0.2) is 6.07 Å². The van der Waals surface area contributed by atoms with Gasteiger partial charge in [-0.05, 0) is 38.4 Å². The lowest BCUT2D eigenvalue weighted by atomic mass is 9.71. The lowest BCUT2D eigenvalue weighted by Crippen LogP contribution is -2.69. The molecule has 7 atom stereocenters. The normalized spacial score (nSPS) is 30.4. The zero-order valence-corrected chi connectivity index (χ0v) is 25.9. The fourth-order valence-corrected chi connectivity index (χ4v) is 9.42. The van der Waals surface area contributed by atoms with Crippen LogP contribution < -0.4 is 24.7 Å². The summed E-state index contributed by atoms with van der Waals surface area (Å²) >= 11 is 1.44. The number of thioether (sulfide) groups is 1. The molecule has 3 N–H and O–H groups in total. The molecule has 0 saturated carbocycles. The highest BCUT2D eigenvalue weighted by Gasteiger charge is 2.60. The standard InChI is InChI=1S/C31H34N4O8S/c1-12-6-15-7-17-18(8-32)35-19-9-40-31(38)16(33)10-44-30(24(35)23(34(17)4)20(15)25(37)26(12)39-5)22-21(19)29-28(41-11-42-29)13(2)27(22)43-14(3)36/h6,16-19,23-24,30,37H,7,9-11,33H2,1-5H3/t16-,17-,18-,19-,23+,24+,30+/m0/s1. The minimum absolute atomic E-state index is 0.0270. The summed E-state index contributed by atoms with van der Waals surface area (Å²) in [5.74, 6) is 0.953. The van der Waals surface area contributed by atoms with Crippen LogP contribution in [0.2, 0.25) is 0 Å². The first-order chi connectivity index (χ1) is 21.1. The third kappa shape index (κ3) is 3.94. The summed E-state index contributed by atoms with van der Waals surface area (Å²) < 4.78 is 29.4. The van der Waals surface area contributed by atoms with Crippen LogP contribution in [0.5, 0.6) is 28.7 Å². The Labute approximate surface area is 258 Å². The Morgan fingerprint density at radius 3 is 2.64 bits per heavy atom. The fraction of sp³-hybridized carbons (Fsp3) is 0.516. The number of phenolic OH excluding ortho intramolecular Hbond substituents is 1. The number of carbonyl (C=O) groups excluding carboxylic acids is 2. The topological polar surface area (TPSA) is 157 Å². The van der Waals surface area contributed by atoms with Gasteiger partial charge in [0.05, 0.1) is 30.5 Å². The van der Waals surface area contributed by atoms with Gasteiger partial charge in [0.1, 0.15) is 24.4 Å². The number of fused-ring (bicyclic) bond motifs is 9. The minimum Gasteiger partial charge on any atom is -0.504 e. The van der Waals surface area contributed by atoms with Gasteiger partial charge in [-0.2, -0.15) is 5.26 Å². The van der Waals surface area contributed by atoms with Crippen molar-refractivity contribution in [2.75, 3.05) is 33.3 Å². The van der Waals surface area contributed by atoms with E-state index in [2.05, 4.69) is 15.9 Å². The maximum atomic E-state index is 13.0. The van der Waals surface area contributed by atoms with Crippen molar-refractivity contribution in [3.8, 4) is 34.8 Å². The predicted molar refractivity (Wildman–Crippen MR) is 158 cm³/mol. The van der Waals surface area contributed by atoms with Gasteiger partial charge in [-0.25, -0.2) is 0 Å². The molecule has 5 aliphatic heterocycles. The van der Waals surface area contributed by atoms with Gasteiger partial charge in [0.25, 0.3) is 0 Å². The number of piperazine rings is 1. The van der Waals surface area contributed by atoms with Crippen molar-refractivity contribution in [2.45, 2.75) is 68.7 Å². The van der Waals surface area contributed by atoms with Crippen LogP contribution >= 0.6 is 11.8 Å². The van der Waals surface area contributed by atoms with Gasteiger partial charge in [0.15, 0.2) is 23.0 Å². The van der Waals surface area contributed by atoms with Crippen LogP contribution in [-0.2, 0) is 20.7 Å². The number of ether oxygens (including phenoxy) is 5. The number of rotatable bonds is 2. The average Bonchev–Trinajstić information content (AvgIpc) is 3.47. The number of nitrogens with two attached hydrogens (primary N) is 1. The van der Waals surface area contributed by atoms with Crippen LogP contribution in [-0.4, -0.2) is 84.3 Å². The molecule has 0 radical (unpaired) electrons. The quantitative estimate of drug-likeness (QED) is 0.372. The smallest absolute Gasteiger partial charge is 0.323 e. The van der Waals surface area contributed by atoms with Crippen molar-refractivity contribution >= 4 is 23.7 Å². The summed E-state index contributed by atoms with van der Waals surface area (Å²) in [7, 11) is 3.51. The molecule has 4 bridgehead atoms. The summed E-state index contributed by atoms with van der Waals surface area (Å²) in [4.78, 5) is 29.8. The van der Waals surface area contributed by atoms with Crippen LogP contribution in [0.3, 0.4) is 0 Å². The Hall–Kier alpha value is -3.70. The number of likely N-dealkylation sites (N-methyl/N-ethyl adjacent to an activating group) is 1. The Balaban J connectivity index is 1.56. The number of hydrogen-bond donors (Lipinski definition) is 2. The van der Waals surface area contributed by atoms with Gasteiger partial charge in [0, 0.05) is 47.0 Å². The molecular weight excluding hydrogens is 588 g/mol. The number of benzene rings is 2. The number of esters is 2. The van der Waals surface area contributed by atoms with E-state index in [0.29, 0.717) is 40.5 Å². The molecule has 44 heavy (non-hydrogen) atoms. The van der Waals surface area contributed by atoms with E-state index in [9.17, 15) is 20.0 Å². The summed E-state index contributed by atoms with van der Waals surface area (Å²) in [6.45, 7) is 4.93. The predicted octanol–water partition coefficient (Wildman–Crippen LogP) is 2.56. The summed E-state index contributed by atoms with van der Waals surface area (Å²) in [6, 6.07) is 1.36. The second-order valence-electron chi connectivity index (χ2n) is 12.0. The zero-order valence-electron chi connectivity index (χ0n) is 25.1. The number of nitriles is 1. The molecule has 2 saturated heterocycles. The van der Waals surface area contributed by atoms with Crippen LogP contribution in [0.1, 0.15) is 57.6 Å². The number of phenols is 1. The number of carbonyl (C=O) groups is 2. The number of aryl methyl sites for hydroxylation is 1. The monoisotopic (exact) mass is 622 g/mol. The van der Waals surface area contributed by atoms with Gasteiger partial charge in [0.2, 0.25) is 6.79 Å². The Morgan fingerprint density at radius 2 is 1.93 bits per heavy atom. The molecule has 12 nitrogen and oxygen atoms in total. The van der Waals surface area contributed by atoms with Gasteiger partial charge < -0.3 is 34.5 Å². The van der Waals surface area contributed by atoms with E-state index in [1.807, 2.05) is 27.0 Å². The first-order valence-corrected chi connectivity index (χ1v) is 15.6. The van der Waals surface area contributed by atoms with Crippen molar-refractivity contribution in [3.05, 3.63) is 39.4 Å². The summed E-state index contributed by atoms with van der Waals surface area (Å²) in [5, 5.41) is 22.1. The maximum Gasteiger partial charge on any atom is 0.323 e. The summed E-state index contributed by atoms with van der Waals surface area (Å²) in [5.41, 5.74) is 10.8. The van der Waals surface area contributed by atoms with E-state index in [1.54, 1.807) is 0 Å². The number of nitrogens with zero attached hydrogens (tertiary/aromatic N) is 3. The van der Waals surface area contributed by atoms with Crippen molar-refractivity contribution < 1.29 is 38.4 Å². The Bertz CT molecular complexity index is 1640. The van der Waals surface area contributed by atoms with E-state index in [-0.39, 0.29) is 30.9 Å². The van der Waals surface area contributed by atoms with Crippen LogP contribution in [0, 0.1) is 25.2 Å². The van der Waals surface area contributed by atoms with E-state index in [4.69, 9.17) is 29.4 Å². The number of aromatic hydroxyl groups is 1. The molecule has 2 aromatic carbocycles. The molecule has 7 rings (SSSR count). The molecule has 0 amide bonds. The number of methoxy groups -OCH3 is 1. The van der Waals surface area contributed by atoms with E-state index in [0.717, 1.165) is 22.3 Å². The maximum absolute atomic E-state index is 13.0. The molecule has 0 aliphatic carbocycles. The van der Waals surface area contributed by atoms with Gasteiger partial charge in [-0.1, -0.05) is 6.07 Å². The van der Waals surface area contributed by atoms with E-state index in [1.165, 1.54) is 25.8 Å². The molecule has 5 aliphatic rings. The third-order valence-corrected chi connectivity index (χ3v) is 11.1. The van der Waals surface area contributed by atoms with Gasteiger partial charge >= 0.3 is 11.9 Å². The number of hydrogen-bond acceptors (Lipinski definition) is 13.